The van der Waals surface area contributed by atoms with Gasteiger partial charge in [-0.2, -0.15) is 0 Å². The van der Waals surface area contributed by atoms with Crippen LogP contribution in [0.25, 0.3) is 0 Å². The molecule has 1 aromatic rings. The van der Waals surface area contributed by atoms with Crippen molar-refractivity contribution in [3.8, 4) is 0 Å². The van der Waals surface area contributed by atoms with Crippen molar-refractivity contribution in [3.05, 3.63) is 10.6 Å². The van der Waals surface area contributed by atoms with Crippen LogP contribution in [0, 0.1) is 12.8 Å². The lowest BCUT2D eigenvalue weighted by atomic mass is 9.84. The number of thiazole rings is 1. The Kier molecular flexibility index (Phi) is 5.69. The zero-order chi connectivity index (χ0) is 16.3. The fourth-order valence-corrected chi connectivity index (χ4v) is 3.47. The molecule has 0 amide bonds. The number of hydrogen-bond donors (Lipinski definition) is 2. The van der Waals surface area contributed by atoms with Crippen LogP contribution in [0.3, 0.4) is 0 Å². The highest BCUT2D eigenvalue weighted by atomic mass is 32.1. The molecule has 1 heterocycles. The summed E-state index contributed by atoms with van der Waals surface area (Å²) in [7, 11) is 0. The predicted molar refractivity (Wildman–Crippen MR) is 79.6 cm³/mol. The van der Waals surface area contributed by atoms with Crippen LogP contribution in [0.15, 0.2) is 0 Å². The van der Waals surface area contributed by atoms with Gasteiger partial charge in [0.15, 0.2) is 5.13 Å². The molecule has 22 heavy (non-hydrogen) atoms. The number of halogens is 2. The molecule has 2 rings (SSSR count). The minimum Gasteiger partial charge on any atom is -0.462 e. The minimum atomic E-state index is -1.39. The predicted octanol–water partition coefficient (Wildman–Crippen LogP) is 2.83. The maximum absolute atomic E-state index is 13.8. The number of esters is 1. The highest BCUT2D eigenvalue weighted by molar-refractivity contribution is 7.17. The molecule has 3 atom stereocenters. The summed E-state index contributed by atoms with van der Waals surface area (Å²) < 4.78 is 32.6. The van der Waals surface area contributed by atoms with Crippen LogP contribution in [0.1, 0.15) is 41.6 Å². The Morgan fingerprint density at radius 2 is 2.14 bits per heavy atom. The van der Waals surface area contributed by atoms with Crippen molar-refractivity contribution >= 4 is 22.4 Å². The number of anilines is 1. The molecule has 0 bridgehead atoms. The molecule has 1 aliphatic carbocycles. The molecule has 1 saturated carbocycles. The Morgan fingerprint density at radius 3 is 2.73 bits per heavy atom. The zero-order valence-corrected chi connectivity index (χ0v) is 13.3. The van der Waals surface area contributed by atoms with Crippen LogP contribution in [0.4, 0.5) is 13.9 Å². The van der Waals surface area contributed by atoms with Crippen molar-refractivity contribution in [1.29, 1.82) is 0 Å². The maximum atomic E-state index is 13.8. The van der Waals surface area contributed by atoms with E-state index in [-0.39, 0.29) is 24.6 Å². The van der Waals surface area contributed by atoms with Crippen molar-refractivity contribution in [2.75, 3.05) is 11.9 Å². The fraction of sp³-hybridized carbons (Fsp3) is 0.714. The van der Waals surface area contributed by atoms with E-state index >= 15 is 0 Å². The average Bonchev–Trinajstić information content (AvgIpc) is 2.79. The summed E-state index contributed by atoms with van der Waals surface area (Å²) in [4.78, 5) is 16.1. The van der Waals surface area contributed by atoms with Crippen molar-refractivity contribution in [2.45, 2.75) is 51.7 Å². The molecule has 5 nitrogen and oxygen atoms in total. The Morgan fingerprint density at radius 1 is 1.50 bits per heavy atom. The van der Waals surface area contributed by atoms with Gasteiger partial charge in [-0.15, -0.1) is 0 Å². The minimum absolute atomic E-state index is 0.245. The van der Waals surface area contributed by atoms with Crippen LogP contribution >= 0.6 is 11.3 Å². The van der Waals surface area contributed by atoms with Crippen molar-refractivity contribution in [2.24, 2.45) is 5.92 Å². The smallest absolute Gasteiger partial charge is 0.350 e. The van der Waals surface area contributed by atoms with Gasteiger partial charge in [-0.05, 0) is 33.1 Å². The lowest BCUT2D eigenvalue weighted by Crippen LogP contribution is -2.43. The molecule has 0 radical (unpaired) electrons. The van der Waals surface area contributed by atoms with Gasteiger partial charge in [0.05, 0.1) is 18.2 Å². The van der Waals surface area contributed by atoms with E-state index in [0.717, 1.165) is 11.3 Å². The monoisotopic (exact) mass is 334 g/mol. The number of rotatable bonds is 5. The van der Waals surface area contributed by atoms with Crippen molar-refractivity contribution in [3.63, 3.8) is 0 Å². The number of aliphatic hydroxyl groups is 1. The number of alkyl halides is 2. The summed E-state index contributed by atoms with van der Waals surface area (Å²) in [6.07, 6.45) is -3.20. The molecule has 0 aromatic carbocycles. The van der Waals surface area contributed by atoms with E-state index in [4.69, 9.17) is 4.74 Å². The summed E-state index contributed by atoms with van der Waals surface area (Å²) in [5.74, 6) is -1.62. The topological polar surface area (TPSA) is 71.5 Å². The number of aliphatic hydroxyl groups excluding tert-OH is 1. The second-order valence-corrected chi connectivity index (χ2v) is 6.28. The third kappa shape index (κ3) is 3.73. The average molecular weight is 334 g/mol. The van der Waals surface area contributed by atoms with Crippen molar-refractivity contribution in [1.82, 2.24) is 4.98 Å². The highest BCUT2D eigenvalue weighted by Gasteiger charge is 2.39. The number of aryl methyl sites for hydroxylation is 1. The molecule has 1 fully saturated rings. The number of nitrogens with one attached hydrogen (secondary N) is 1. The maximum Gasteiger partial charge on any atom is 0.350 e. The molecular weight excluding hydrogens is 314 g/mol. The largest absolute Gasteiger partial charge is 0.462 e. The molecule has 3 unspecified atom stereocenters. The number of hydrogen-bond acceptors (Lipinski definition) is 6. The molecule has 1 aliphatic rings. The zero-order valence-electron chi connectivity index (χ0n) is 12.5. The van der Waals surface area contributed by atoms with E-state index in [2.05, 4.69) is 10.3 Å². The first-order chi connectivity index (χ1) is 10.4. The second-order valence-electron chi connectivity index (χ2n) is 5.28. The van der Waals surface area contributed by atoms with Gasteiger partial charge in [-0.1, -0.05) is 11.3 Å². The van der Waals surface area contributed by atoms with E-state index in [1.54, 1.807) is 13.8 Å². The molecule has 1 aromatic heterocycles. The Hall–Kier alpha value is -1.28. The first kappa shape index (κ1) is 17.1. The summed E-state index contributed by atoms with van der Waals surface area (Å²) in [6, 6.07) is 0. The van der Waals surface area contributed by atoms with Crippen molar-refractivity contribution < 1.29 is 23.4 Å². The van der Waals surface area contributed by atoms with Gasteiger partial charge in [0.1, 0.15) is 23.4 Å². The van der Waals surface area contributed by atoms with Gasteiger partial charge in [-0.3, -0.25) is 0 Å². The molecule has 8 heteroatoms. The molecule has 2 N–H and O–H groups in total. The molecular formula is C14H20F2N2O3S. The number of carbonyl (C=O) groups excluding carboxylic acids is 1. The van der Waals surface area contributed by atoms with Crippen LogP contribution in [0.5, 0.6) is 0 Å². The summed E-state index contributed by atoms with van der Waals surface area (Å²) in [5.41, 5.74) is 0.454. The fourth-order valence-electron chi connectivity index (χ4n) is 2.58. The highest BCUT2D eigenvalue weighted by Crippen LogP contribution is 2.33. The molecule has 0 aliphatic heterocycles. The first-order valence-electron chi connectivity index (χ1n) is 7.31. The third-order valence-corrected chi connectivity index (χ3v) is 4.76. The summed E-state index contributed by atoms with van der Waals surface area (Å²) in [5, 5.41) is 12.9. The first-order valence-corrected chi connectivity index (χ1v) is 8.13. The molecule has 124 valence electrons. The standard InChI is InChI=1S/C14H20F2N2O3S/c1-3-21-13(20)11-7(2)17-14(22-11)18-12(19)10-8(15)5-4-6-9(10)16/h8-10,12,19H,3-6H2,1-2H3,(H,17,18). The van der Waals surface area contributed by atoms with Crippen LogP contribution in [-0.4, -0.2) is 41.2 Å². The van der Waals surface area contributed by atoms with Crippen LogP contribution < -0.4 is 5.32 Å². The summed E-state index contributed by atoms with van der Waals surface area (Å²) >= 11 is 1.00. The Labute approximate surface area is 131 Å². The third-order valence-electron chi connectivity index (χ3n) is 3.69. The second kappa shape index (κ2) is 7.32. The molecule has 0 spiro atoms. The Bertz CT molecular complexity index is 516. The van der Waals surface area contributed by atoms with Gasteiger partial charge < -0.3 is 15.2 Å². The van der Waals surface area contributed by atoms with E-state index in [9.17, 15) is 18.7 Å². The Balaban J connectivity index is 2.07. The summed E-state index contributed by atoms with van der Waals surface area (Å²) in [6.45, 7) is 3.58. The lowest BCUT2D eigenvalue weighted by molar-refractivity contribution is -0.00652. The lowest BCUT2D eigenvalue weighted by Gasteiger charge is -2.32. The number of aromatic nitrogens is 1. The quantitative estimate of drug-likeness (QED) is 0.640. The van der Waals surface area contributed by atoms with Gasteiger partial charge in [0.2, 0.25) is 0 Å². The van der Waals surface area contributed by atoms with E-state index < -0.39 is 30.5 Å². The van der Waals surface area contributed by atoms with E-state index in [1.165, 1.54) is 0 Å². The van der Waals surface area contributed by atoms with E-state index in [0.29, 0.717) is 17.0 Å². The normalized spacial score (nSPS) is 26.5. The number of ether oxygens (including phenoxy) is 1. The van der Waals surface area contributed by atoms with Gasteiger partial charge in [0.25, 0.3) is 0 Å². The van der Waals surface area contributed by atoms with E-state index in [1.807, 2.05) is 0 Å². The van der Waals surface area contributed by atoms with Gasteiger partial charge in [0, 0.05) is 0 Å². The number of nitrogens with zero attached hydrogens (tertiary/aromatic N) is 1. The SMILES string of the molecule is CCOC(=O)c1sc(NC(O)C2C(F)CCCC2F)nc1C. The number of carbonyl (C=O) groups is 1. The molecule has 0 saturated heterocycles. The van der Waals surface area contributed by atoms with Crippen LogP contribution in [-0.2, 0) is 4.74 Å². The van der Waals surface area contributed by atoms with Gasteiger partial charge in [-0.25, -0.2) is 18.6 Å². The van der Waals surface area contributed by atoms with Gasteiger partial charge >= 0.3 is 5.97 Å². The van der Waals surface area contributed by atoms with Crippen LogP contribution in [0.2, 0.25) is 0 Å².